The maximum atomic E-state index is 12.4. The van der Waals surface area contributed by atoms with E-state index in [1.807, 2.05) is 0 Å². The minimum Gasteiger partial charge on any atom is -0.493 e. The summed E-state index contributed by atoms with van der Waals surface area (Å²) < 4.78 is 7.02. The molecule has 0 saturated carbocycles. The maximum absolute atomic E-state index is 12.4. The van der Waals surface area contributed by atoms with Gasteiger partial charge in [-0.1, -0.05) is 6.92 Å². The van der Waals surface area contributed by atoms with E-state index in [-0.39, 0.29) is 5.78 Å². The number of nitrogens with zero attached hydrogens (tertiary/aromatic N) is 2. The van der Waals surface area contributed by atoms with Crippen LogP contribution in [0.5, 0.6) is 5.75 Å². The zero-order valence-corrected chi connectivity index (χ0v) is 11.8. The van der Waals surface area contributed by atoms with Crippen molar-refractivity contribution >= 4 is 5.78 Å². The monoisotopic (exact) mass is 265 g/mol. The summed E-state index contributed by atoms with van der Waals surface area (Å²) in [7, 11) is 1.59. The van der Waals surface area contributed by atoms with Crippen molar-refractivity contribution in [1.29, 1.82) is 0 Å². The molecule has 0 radical (unpaired) electrons. The predicted octanol–water partition coefficient (Wildman–Crippen LogP) is 1.87. The van der Waals surface area contributed by atoms with E-state index in [0.29, 0.717) is 23.8 Å². The predicted molar refractivity (Wildman–Crippen MR) is 73.6 cm³/mol. The lowest BCUT2D eigenvalue weighted by molar-refractivity contribution is 0.0961. The first kappa shape index (κ1) is 14.1. The van der Waals surface area contributed by atoms with Crippen LogP contribution in [0, 0.1) is 5.92 Å². The summed E-state index contributed by atoms with van der Waals surface area (Å²) in [5, 5.41) is 7.57. The SMILES string of the molecule is CCCn1ncc(OC)c1C(=O)CCC1CCNC1. The number of Topliss-reactive ketones (excluding diaryl/α,β-unsaturated/α-hetero) is 1. The van der Waals surface area contributed by atoms with Crippen molar-refractivity contribution in [2.24, 2.45) is 5.92 Å². The van der Waals surface area contributed by atoms with E-state index < -0.39 is 0 Å². The van der Waals surface area contributed by atoms with Gasteiger partial charge in [-0.05, 0) is 38.3 Å². The number of ether oxygens (including phenoxy) is 1. The number of aryl methyl sites for hydroxylation is 1. The summed E-state index contributed by atoms with van der Waals surface area (Å²) in [5.41, 5.74) is 0.635. The second-order valence-electron chi connectivity index (χ2n) is 5.11. The van der Waals surface area contributed by atoms with Crippen LogP contribution >= 0.6 is 0 Å². The second kappa shape index (κ2) is 6.70. The Morgan fingerprint density at radius 3 is 3.11 bits per heavy atom. The molecule has 1 atom stereocenters. The van der Waals surface area contributed by atoms with Crippen LogP contribution in [-0.2, 0) is 6.54 Å². The number of hydrogen-bond donors (Lipinski definition) is 1. The van der Waals surface area contributed by atoms with Gasteiger partial charge in [0, 0.05) is 13.0 Å². The number of nitrogens with one attached hydrogen (secondary N) is 1. The summed E-state index contributed by atoms with van der Waals surface area (Å²) in [6, 6.07) is 0. The highest BCUT2D eigenvalue weighted by atomic mass is 16.5. The summed E-state index contributed by atoms with van der Waals surface area (Å²) in [4.78, 5) is 12.4. The van der Waals surface area contributed by atoms with Gasteiger partial charge >= 0.3 is 0 Å². The zero-order valence-electron chi connectivity index (χ0n) is 11.8. The molecule has 1 fully saturated rings. The smallest absolute Gasteiger partial charge is 0.184 e. The highest BCUT2D eigenvalue weighted by Crippen LogP contribution is 2.22. The van der Waals surface area contributed by atoms with Crippen LogP contribution in [0.2, 0.25) is 0 Å². The van der Waals surface area contributed by atoms with Crippen LogP contribution in [0.3, 0.4) is 0 Å². The zero-order chi connectivity index (χ0) is 13.7. The standard InChI is InChI=1S/C14H23N3O2/c1-3-8-17-14(13(19-2)10-16-17)12(18)5-4-11-6-7-15-9-11/h10-11,15H,3-9H2,1-2H3. The third-order valence-electron chi connectivity index (χ3n) is 3.67. The Labute approximate surface area is 114 Å². The molecule has 1 aromatic rings. The molecule has 1 aromatic heterocycles. The lowest BCUT2D eigenvalue weighted by Crippen LogP contribution is -2.14. The fourth-order valence-electron chi connectivity index (χ4n) is 2.59. The van der Waals surface area contributed by atoms with Crippen molar-refractivity contribution < 1.29 is 9.53 Å². The quantitative estimate of drug-likeness (QED) is 0.765. The van der Waals surface area contributed by atoms with Gasteiger partial charge in [0.25, 0.3) is 0 Å². The number of carbonyl (C=O) groups excluding carboxylic acids is 1. The summed E-state index contributed by atoms with van der Waals surface area (Å²) >= 11 is 0. The minimum atomic E-state index is 0.148. The first-order valence-corrected chi connectivity index (χ1v) is 7.10. The first-order chi connectivity index (χ1) is 9.26. The second-order valence-corrected chi connectivity index (χ2v) is 5.11. The molecule has 0 aliphatic carbocycles. The summed E-state index contributed by atoms with van der Waals surface area (Å²) in [6.45, 7) is 4.95. The van der Waals surface area contributed by atoms with Gasteiger partial charge < -0.3 is 10.1 Å². The molecule has 19 heavy (non-hydrogen) atoms. The molecule has 0 spiro atoms. The molecule has 1 N–H and O–H groups in total. The highest BCUT2D eigenvalue weighted by molar-refractivity contribution is 5.97. The van der Waals surface area contributed by atoms with Crippen LogP contribution in [0.1, 0.15) is 43.1 Å². The Kier molecular flexibility index (Phi) is 4.96. The van der Waals surface area contributed by atoms with Crippen molar-refractivity contribution in [3.8, 4) is 5.75 Å². The third kappa shape index (κ3) is 3.35. The number of methoxy groups -OCH3 is 1. The Morgan fingerprint density at radius 1 is 1.63 bits per heavy atom. The van der Waals surface area contributed by atoms with Gasteiger partial charge in [0.2, 0.25) is 0 Å². The lowest BCUT2D eigenvalue weighted by Gasteiger charge is -2.09. The largest absolute Gasteiger partial charge is 0.493 e. The average molecular weight is 265 g/mol. The van der Waals surface area contributed by atoms with Crippen molar-refractivity contribution in [2.45, 2.75) is 39.2 Å². The molecule has 0 bridgehead atoms. The van der Waals surface area contributed by atoms with E-state index >= 15 is 0 Å². The molecule has 2 rings (SSSR count). The summed E-state index contributed by atoms with van der Waals surface area (Å²) in [6.07, 6.45) is 5.31. The number of carbonyl (C=O) groups is 1. The minimum absolute atomic E-state index is 0.148. The molecule has 1 aliphatic heterocycles. The van der Waals surface area contributed by atoms with E-state index in [1.165, 1.54) is 6.42 Å². The van der Waals surface area contributed by atoms with Crippen molar-refractivity contribution in [2.75, 3.05) is 20.2 Å². The molecular formula is C14H23N3O2. The van der Waals surface area contributed by atoms with E-state index in [1.54, 1.807) is 18.0 Å². The van der Waals surface area contributed by atoms with Gasteiger partial charge in [-0.3, -0.25) is 9.48 Å². The molecule has 0 aromatic carbocycles. The van der Waals surface area contributed by atoms with Crippen molar-refractivity contribution in [3.05, 3.63) is 11.9 Å². The van der Waals surface area contributed by atoms with Gasteiger partial charge in [-0.25, -0.2) is 0 Å². The van der Waals surface area contributed by atoms with Crippen LogP contribution in [0.4, 0.5) is 0 Å². The maximum Gasteiger partial charge on any atom is 0.184 e. The number of aromatic nitrogens is 2. The molecule has 1 unspecified atom stereocenters. The summed E-state index contributed by atoms with van der Waals surface area (Å²) in [5.74, 6) is 1.38. The van der Waals surface area contributed by atoms with E-state index in [0.717, 1.165) is 32.5 Å². The Balaban J connectivity index is 2.01. The number of hydrogen-bond acceptors (Lipinski definition) is 4. The Hall–Kier alpha value is -1.36. The molecule has 5 nitrogen and oxygen atoms in total. The normalized spacial score (nSPS) is 18.7. The first-order valence-electron chi connectivity index (χ1n) is 7.10. The van der Waals surface area contributed by atoms with E-state index in [9.17, 15) is 4.79 Å². The van der Waals surface area contributed by atoms with Gasteiger partial charge in [0.05, 0.1) is 13.3 Å². The van der Waals surface area contributed by atoms with E-state index in [4.69, 9.17) is 4.74 Å². The molecule has 106 valence electrons. The topological polar surface area (TPSA) is 56.2 Å². The Bertz CT molecular complexity index is 422. The third-order valence-corrected chi connectivity index (χ3v) is 3.67. The average Bonchev–Trinajstić information content (AvgIpc) is 3.05. The van der Waals surface area contributed by atoms with Crippen LogP contribution < -0.4 is 10.1 Å². The fraction of sp³-hybridized carbons (Fsp3) is 0.714. The van der Waals surface area contributed by atoms with Crippen molar-refractivity contribution in [3.63, 3.8) is 0 Å². The van der Waals surface area contributed by atoms with Crippen molar-refractivity contribution in [1.82, 2.24) is 15.1 Å². The van der Waals surface area contributed by atoms with Gasteiger partial charge in [-0.15, -0.1) is 0 Å². The van der Waals surface area contributed by atoms with Gasteiger partial charge in [0.1, 0.15) is 5.69 Å². The molecular weight excluding hydrogens is 242 g/mol. The van der Waals surface area contributed by atoms with Crippen LogP contribution in [-0.4, -0.2) is 35.8 Å². The molecule has 5 heteroatoms. The van der Waals surface area contributed by atoms with Gasteiger partial charge in [-0.2, -0.15) is 5.10 Å². The van der Waals surface area contributed by atoms with E-state index in [2.05, 4.69) is 17.3 Å². The molecule has 0 amide bonds. The lowest BCUT2D eigenvalue weighted by atomic mass is 10.00. The molecule has 1 aliphatic rings. The fourth-order valence-corrected chi connectivity index (χ4v) is 2.59. The molecule has 1 saturated heterocycles. The highest BCUT2D eigenvalue weighted by Gasteiger charge is 2.21. The Morgan fingerprint density at radius 2 is 2.47 bits per heavy atom. The van der Waals surface area contributed by atoms with Crippen LogP contribution in [0.25, 0.3) is 0 Å². The molecule has 2 heterocycles. The van der Waals surface area contributed by atoms with Gasteiger partial charge in [0.15, 0.2) is 11.5 Å². The number of ketones is 1. The number of rotatable bonds is 7. The van der Waals surface area contributed by atoms with Crippen LogP contribution in [0.15, 0.2) is 6.20 Å².